The molecule has 112 valence electrons. The quantitative estimate of drug-likeness (QED) is 0.799. The number of nitriles is 1. The minimum atomic E-state index is -0.167. The fourth-order valence-electron chi connectivity index (χ4n) is 1.97. The highest BCUT2D eigenvalue weighted by Crippen LogP contribution is 2.04. The molecule has 1 N–H and O–H groups in total. The first-order valence-corrected chi connectivity index (χ1v) is 7.19. The first-order chi connectivity index (χ1) is 10.8. The van der Waals surface area contributed by atoms with Gasteiger partial charge in [-0.1, -0.05) is 36.4 Å². The van der Waals surface area contributed by atoms with Gasteiger partial charge < -0.3 is 10.1 Å². The Bertz CT molecular complexity index is 648. The summed E-state index contributed by atoms with van der Waals surface area (Å²) in [5, 5.41) is 11.6. The van der Waals surface area contributed by atoms with Gasteiger partial charge in [0.1, 0.15) is 0 Å². The number of benzene rings is 2. The average Bonchev–Trinajstić information content (AvgIpc) is 2.58. The maximum atomic E-state index is 11.9. The lowest BCUT2D eigenvalue weighted by Crippen LogP contribution is -2.25. The zero-order chi connectivity index (χ0) is 15.6. The molecule has 0 bridgehead atoms. The molecule has 0 unspecified atom stereocenters. The molecule has 4 nitrogen and oxygen atoms in total. The van der Waals surface area contributed by atoms with Crippen LogP contribution in [0.2, 0.25) is 0 Å². The number of hydrogen-bond donors (Lipinski definition) is 1. The SMILES string of the molecule is N#Cc1cccc(C(=O)NCCCOCc2ccccc2)c1. The molecule has 0 saturated heterocycles. The van der Waals surface area contributed by atoms with Crippen molar-refractivity contribution < 1.29 is 9.53 Å². The lowest BCUT2D eigenvalue weighted by molar-refractivity contribution is 0.0934. The maximum absolute atomic E-state index is 11.9. The van der Waals surface area contributed by atoms with E-state index in [0.29, 0.717) is 30.9 Å². The van der Waals surface area contributed by atoms with E-state index in [-0.39, 0.29) is 5.91 Å². The Labute approximate surface area is 130 Å². The van der Waals surface area contributed by atoms with Crippen LogP contribution in [0.25, 0.3) is 0 Å². The summed E-state index contributed by atoms with van der Waals surface area (Å²) in [6, 6.07) is 18.7. The second-order valence-electron chi connectivity index (χ2n) is 4.84. The first-order valence-electron chi connectivity index (χ1n) is 7.19. The molecule has 0 aliphatic carbocycles. The molecule has 2 aromatic carbocycles. The van der Waals surface area contributed by atoms with Gasteiger partial charge in [-0.05, 0) is 30.2 Å². The van der Waals surface area contributed by atoms with Gasteiger partial charge in [-0.2, -0.15) is 5.26 Å². The number of nitrogens with one attached hydrogen (secondary N) is 1. The van der Waals surface area contributed by atoms with Gasteiger partial charge in [-0.15, -0.1) is 0 Å². The third-order valence-corrected chi connectivity index (χ3v) is 3.12. The third kappa shape index (κ3) is 5.04. The van der Waals surface area contributed by atoms with E-state index < -0.39 is 0 Å². The zero-order valence-corrected chi connectivity index (χ0v) is 12.3. The Morgan fingerprint density at radius 1 is 1.14 bits per heavy atom. The molecule has 0 saturated carbocycles. The first kappa shape index (κ1) is 15.7. The Hall–Kier alpha value is -2.64. The van der Waals surface area contributed by atoms with Crippen LogP contribution in [0.4, 0.5) is 0 Å². The van der Waals surface area contributed by atoms with E-state index in [1.807, 2.05) is 36.4 Å². The lowest BCUT2D eigenvalue weighted by atomic mass is 10.1. The smallest absolute Gasteiger partial charge is 0.251 e. The van der Waals surface area contributed by atoms with Crippen LogP contribution >= 0.6 is 0 Å². The molecule has 1 amide bonds. The molecule has 4 heteroatoms. The van der Waals surface area contributed by atoms with Crippen molar-refractivity contribution in [2.24, 2.45) is 0 Å². The lowest BCUT2D eigenvalue weighted by Gasteiger charge is -2.06. The van der Waals surface area contributed by atoms with Crippen molar-refractivity contribution in [2.45, 2.75) is 13.0 Å². The van der Waals surface area contributed by atoms with E-state index in [2.05, 4.69) is 5.32 Å². The number of carbonyl (C=O) groups is 1. The number of rotatable bonds is 7. The van der Waals surface area contributed by atoms with Crippen molar-refractivity contribution in [1.29, 1.82) is 5.26 Å². The van der Waals surface area contributed by atoms with Gasteiger partial charge in [0.15, 0.2) is 0 Å². The molecule has 0 aliphatic heterocycles. The minimum Gasteiger partial charge on any atom is -0.377 e. The van der Waals surface area contributed by atoms with Crippen LogP contribution in [0.3, 0.4) is 0 Å². The molecular weight excluding hydrogens is 276 g/mol. The van der Waals surface area contributed by atoms with Crippen LogP contribution in [0.5, 0.6) is 0 Å². The highest BCUT2D eigenvalue weighted by Gasteiger charge is 2.05. The number of nitrogens with zero attached hydrogens (tertiary/aromatic N) is 1. The number of ether oxygens (including phenoxy) is 1. The van der Waals surface area contributed by atoms with Crippen molar-refractivity contribution in [2.75, 3.05) is 13.2 Å². The van der Waals surface area contributed by atoms with Crippen molar-refractivity contribution in [3.8, 4) is 6.07 Å². The number of carbonyl (C=O) groups excluding carboxylic acids is 1. The maximum Gasteiger partial charge on any atom is 0.251 e. The predicted octanol–water partition coefficient (Wildman–Crippen LogP) is 2.89. The summed E-state index contributed by atoms with van der Waals surface area (Å²) in [6.07, 6.45) is 0.747. The molecule has 22 heavy (non-hydrogen) atoms. The zero-order valence-electron chi connectivity index (χ0n) is 12.3. The van der Waals surface area contributed by atoms with E-state index in [4.69, 9.17) is 10.00 Å². The van der Waals surface area contributed by atoms with Gasteiger partial charge in [0.2, 0.25) is 0 Å². The van der Waals surface area contributed by atoms with Crippen LogP contribution in [0.15, 0.2) is 54.6 Å². The van der Waals surface area contributed by atoms with Crippen LogP contribution in [-0.4, -0.2) is 19.1 Å². The highest BCUT2D eigenvalue weighted by molar-refractivity contribution is 5.94. The van der Waals surface area contributed by atoms with Crippen LogP contribution < -0.4 is 5.32 Å². The van der Waals surface area contributed by atoms with Gasteiger partial charge in [-0.3, -0.25) is 4.79 Å². The standard InChI is InChI=1S/C18H18N2O2/c19-13-16-8-4-9-17(12-16)18(21)20-10-5-11-22-14-15-6-2-1-3-7-15/h1-4,6-9,12H,5,10-11,14H2,(H,20,21). The molecule has 0 spiro atoms. The average molecular weight is 294 g/mol. The summed E-state index contributed by atoms with van der Waals surface area (Å²) in [6.45, 7) is 1.72. The summed E-state index contributed by atoms with van der Waals surface area (Å²) in [7, 11) is 0. The molecule has 0 aliphatic rings. The highest BCUT2D eigenvalue weighted by atomic mass is 16.5. The number of amides is 1. The Balaban J connectivity index is 1.64. The molecular formula is C18H18N2O2. The fourth-order valence-corrected chi connectivity index (χ4v) is 1.97. The monoisotopic (exact) mass is 294 g/mol. The van der Waals surface area contributed by atoms with E-state index >= 15 is 0 Å². The Morgan fingerprint density at radius 2 is 1.95 bits per heavy atom. The molecule has 2 aromatic rings. The molecule has 0 fully saturated rings. The van der Waals surface area contributed by atoms with Crippen molar-refractivity contribution in [3.63, 3.8) is 0 Å². The fraction of sp³-hybridized carbons (Fsp3) is 0.222. The summed E-state index contributed by atoms with van der Waals surface area (Å²) < 4.78 is 5.55. The van der Waals surface area contributed by atoms with Crippen LogP contribution in [0.1, 0.15) is 27.9 Å². The molecule has 0 aromatic heterocycles. The van der Waals surface area contributed by atoms with E-state index in [1.54, 1.807) is 24.3 Å². The molecule has 0 radical (unpaired) electrons. The van der Waals surface area contributed by atoms with Crippen molar-refractivity contribution in [3.05, 3.63) is 71.3 Å². The van der Waals surface area contributed by atoms with E-state index in [9.17, 15) is 4.79 Å². The second kappa shape index (κ2) is 8.60. The summed E-state index contributed by atoms with van der Waals surface area (Å²) in [5.74, 6) is -0.167. The minimum absolute atomic E-state index is 0.167. The largest absolute Gasteiger partial charge is 0.377 e. The summed E-state index contributed by atoms with van der Waals surface area (Å²) >= 11 is 0. The van der Waals surface area contributed by atoms with E-state index in [1.165, 1.54) is 0 Å². The van der Waals surface area contributed by atoms with Crippen LogP contribution in [0, 0.1) is 11.3 Å². The Kier molecular flexibility index (Phi) is 6.16. The Morgan fingerprint density at radius 3 is 2.73 bits per heavy atom. The van der Waals surface area contributed by atoms with E-state index in [0.717, 1.165) is 12.0 Å². The van der Waals surface area contributed by atoms with Gasteiger partial charge >= 0.3 is 0 Å². The van der Waals surface area contributed by atoms with Crippen molar-refractivity contribution >= 4 is 5.91 Å². The van der Waals surface area contributed by atoms with Gasteiger partial charge in [0.25, 0.3) is 5.91 Å². The number of hydrogen-bond acceptors (Lipinski definition) is 3. The van der Waals surface area contributed by atoms with Gasteiger partial charge in [0.05, 0.1) is 18.2 Å². The second-order valence-corrected chi connectivity index (χ2v) is 4.84. The predicted molar refractivity (Wildman–Crippen MR) is 84.2 cm³/mol. The third-order valence-electron chi connectivity index (χ3n) is 3.12. The topological polar surface area (TPSA) is 62.1 Å². The normalized spacial score (nSPS) is 9.95. The van der Waals surface area contributed by atoms with Crippen molar-refractivity contribution in [1.82, 2.24) is 5.32 Å². The van der Waals surface area contributed by atoms with Gasteiger partial charge in [0, 0.05) is 18.7 Å². The summed E-state index contributed by atoms with van der Waals surface area (Å²) in [4.78, 5) is 11.9. The molecule has 2 rings (SSSR count). The summed E-state index contributed by atoms with van der Waals surface area (Å²) in [5.41, 5.74) is 2.13. The molecule has 0 atom stereocenters. The van der Waals surface area contributed by atoms with Crippen LogP contribution in [-0.2, 0) is 11.3 Å². The molecule has 0 heterocycles. The van der Waals surface area contributed by atoms with Gasteiger partial charge in [-0.25, -0.2) is 0 Å².